The van der Waals surface area contributed by atoms with Crippen LogP contribution in [0.1, 0.15) is 5.82 Å². The summed E-state index contributed by atoms with van der Waals surface area (Å²) in [4.78, 5) is 7.94. The van der Waals surface area contributed by atoms with E-state index < -0.39 is 0 Å². The second kappa shape index (κ2) is 5.70. The van der Waals surface area contributed by atoms with E-state index in [4.69, 9.17) is 0 Å². The monoisotopic (exact) mass is 340 g/mol. The first kappa shape index (κ1) is 14.7. The Kier molecular flexibility index (Phi) is 3.21. The fourth-order valence-electron chi connectivity index (χ4n) is 3.21. The minimum Gasteiger partial charge on any atom is -0.361 e. The minimum absolute atomic E-state index is 0.581. The van der Waals surface area contributed by atoms with Gasteiger partial charge in [0.15, 0.2) is 0 Å². The highest BCUT2D eigenvalue weighted by Gasteiger charge is 2.13. The van der Waals surface area contributed by atoms with Crippen molar-refractivity contribution in [3.63, 3.8) is 0 Å². The molecule has 6 heteroatoms. The molecule has 0 aliphatic heterocycles. The first-order valence-corrected chi connectivity index (χ1v) is 8.41. The zero-order chi connectivity index (χ0) is 17.5. The lowest BCUT2D eigenvalue weighted by atomic mass is 10.1. The van der Waals surface area contributed by atoms with Crippen LogP contribution in [0.4, 0.5) is 11.5 Å². The summed E-state index contributed by atoms with van der Waals surface area (Å²) in [5, 5.41) is 12.8. The zero-order valence-electron chi connectivity index (χ0n) is 14.1. The lowest BCUT2D eigenvalue weighted by Crippen LogP contribution is -2.01. The lowest BCUT2D eigenvalue weighted by molar-refractivity contribution is 1.02. The maximum Gasteiger partial charge on any atom is 0.257 e. The van der Waals surface area contributed by atoms with E-state index in [1.165, 1.54) is 0 Å². The van der Waals surface area contributed by atoms with Gasteiger partial charge in [-0.05, 0) is 43.3 Å². The lowest BCUT2D eigenvalue weighted by Gasteiger charge is -2.12. The van der Waals surface area contributed by atoms with Crippen molar-refractivity contribution in [3.05, 3.63) is 72.7 Å². The highest BCUT2D eigenvalue weighted by molar-refractivity contribution is 5.95. The van der Waals surface area contributed by atoms with E-state index >= 15 is 0 Å². The van der Waals surface area contributed by atoms with Crippen molar-refractivity contribution in [2.24, 2.45) is 0 Å². The first-order chi connectivity index (χ1) is 12.8. The minimum atomic E-state index is 0.581. The summed E-state index contributed by atoms with van der Waals surface area (Å²) in [7, 11) is 0. The van der Waals surface area contributed by atoms with Crippen molar-refractivity contribution in [2.75, 3.05) is 5.32 Å². The summed E-state index contributed by atoms with van der Waals surface area (Å²) in [5.74, 6) is 2.16. The van der Waals surface area contributed by atoms with Gasteiger partial charge >= 0.3 is 0 Å². The molecule has 0 saturated heterocycles. The summed E-state index contributed by atoms with van der Waals surface area (Å²) in [6, 6.07) is 20.4. The molecule has 6 nitrogen and oxygen atoms in total. The molecule has 3 heterocycles. The number of hydrogen-bond donors (Lipinski definition) is 2. The van der Waals surface area contributed by atoms with E-state index in [9.17, 15) is 0 Å². The van der Waals surface area contributed by atoms with Crippen LogP contribution in [0, 0.1) is 6.92 Å². The summed E-state index contributed by atoms with van der Waals surface area (Å²) >= 11 is 0. The van der Waals surface area contributed by atoms with Crippen LogP contribution < -0.4 is 5.32 Å². The van der Waals surface area contributed by atoms with E-state index in [0.717, 1.165) is 39.5 Å². The standard InChI is InChI=1S/C20H16N6/c1-13-24-25-20-23-19(22-15-6-3-2-4-7-15)16-10-9-14(12-18(16)26(13)20)17-8-5-11-21-17/h2-12,21H,1H3,(H,22,23,25). The number of nitrogens with one attached hydrogen (secondary N) is 2. The van der Waals surface area contributed by atoms with Gasteiger partial charge in [-0.1, -0.05) is 24.3 Å². The normalized spacial score (nSPS) is 11.3. The van der Waals surface area contributed by atoms with Crippen LogP contribution in [0.15, 0.2) is 66.9 Å². The molecule has 0 unspecified atom stereocenters. The smallest absolute Gasteiger partial charge is 0.257 e. The van der Waals surface area contributed by atoms with Crippen LogP contribution in [0.25, 0.3) is 27.9 Å². The number of hydrogen-bond acceptors (Lipinski definition) is 4. The van der Waals surface area contributed by atoms with E-state index in [-0.39, 0.29) is 0 Å². The summed E-state index contributed by atoms with van der Waals surface area (Å²) in [6.07, 6.45) is 1.92. The molecule has 2 N–H and O–H groups in total. The Morgan fingerprint density at radius 1 is 0.962 bits per heavy atom. The third-order valence-corrected chi connectivity index (χ3v) is 4.46. The van der Waals surface area contributed by atoms with Crippen LogP contribution in [0.5, 0.6) is 0 Å². The Morgan fingerprint density at radius 3 is 2.65 bits per heavy atom. The van der Waals surface area contributed by atoms with Gasteiger partial charge in [0.1, 0.15) is 11.6 Å². The molecule has 0 bridgehead atoms. The molecule has 0 aliphatic rings. The molecule has 2 aromatic carbocycles. The van der Waals surface area contributed by atoms with Crippen LogP contribution >= 0.6 is 0 Å². The fraction of sp³-hybridized carbons (Fsp3) is 0.0500. The third kappa shape index (κ3) is 2.31. The van der Waals surface area contributed by atoms with Crippen molar-refractivity contribution >= 4 is 28.2 Å². The van der Waals surface area contributed by atoms with Crippen molar-refractivity contribution in [1.82, 2.24) is 24.6 Å². The Morgan fingerprint density at radius 2 is 1.85 bits per heavy atom. The molecule has 126 valence electrons. The highest BCUT2D eigenvalue weighted by atomic mass is 15.3. The zero-order valence-corrected chi connectivity index (χ0v) is 14.1. The number of para-hydroxylation sites is 1. The molecule has 3 aromatic heterocycles. The quantitative estimate of drug-likeness (QED) is 0.513. The average Bonchev–Trinajstić information content (AvgIpc) is 3.33. The van der Waals surface area contributed by atoms with E-state index in [2.05, 4.69) is 49.7 Å². The SMILES string of the molecule is Cc1nnc2nc(Nc3ccccc3)c3ccc(-c4ccc[nH]4)cc3n12. The summed E-state index contributed by atoms with van der Waals surface area (Å²) in [5.41, 5.74) is 4.17. The van der Waals surface area contributed by atoms with Gasteiger partial charge in [0.2, 0.25) is 0 Å². The van der Waals surface area contributed by atoms with Crippen molar-refractivity contribution in [1.29, 1.82) is 0 Å². The Bertz CT molecular complexity index is 1210. The van der Waals surface area contributed by atoms with E-state index in [1.807, 2.05) is 53.9 Å². The first-order valence-electron chi connectivity index (χ1n) is 8.41. The average molecular weight is 340 g/mol. The number of benzene rings is 2. The maximum absolute atomic E-state index is 4.68. The number of aromatic amines is 1. The Hall–Kier alpha value is -3.67. The predicted molar refractivity (Wildman–Crippen MR) is 103 cm³/mol. The van der Waals surface area contributed by atoms with Gasteiger partial charge in [0, 0.05) is 28.5 Å². The summed E-state index contributed by atoms with van der Waals surface area (Å²) in [6.45, 7) is 1.94. The number of fused-ring (bicyclic) bond motifs is 3. The van der Waals surface area contributed by atoms with Gasteiger partial charge in [-0.25, -0.2) is 0 Å². The third-order valence-electron chi connectivity index (χ3n) is 4.46. The number of H-pyrrole nitrogens is 1. The van der Waals surface area contributed by atoms with Crippen molar-refractivity contribution in [3.8, 4) is 11.3 Å². The summed E-state index contributed by atoms with van der Waals surface area (Å²) < 4.78 is 1.98. The predicted octanol–water partition coefficient (Wildman–Crippen LogP) is 4.32. The van der Waals surface area contributed by atoms with Crippen LogP contribution in [-0.2, 0) is 0 Å². The van der Waals surface area contributed by atoms with Crippen LogP contribution in [0.3, 0.4) is 0 Å². The van der Waals surface area contributed by atoms with Crippen LogP contribution in [-0.4, -0.2) is 24.6 Å². The molecule has 0 radical (unpaired) electrons. The second-order valence-electron chi connectivity index (χ2n) is 6.15. The molecule has 0 amide bonds. The molecular weight excluding hydrogens is 324 g/mol. The number of aromatic nitrogens is 5. The molecule has 0 aliphatic carbocycles. The molecular formula is C20H16N6. The van der Waals surface area contributed by atoms with Crippen molar-refractivity contribution < 1.29 is 0 Å². The van der Waals surface area contributed by atoms with Gasteiger partial charge in [-0.2, -0.15) is 4.98 Å². The fourth-order valence-corrected chi connectivity index (χ4v) is 3.21. The molecule has 5 rings (SSSR count). The van der Waals surface area contributed by atoms with E-state index in [1.54, 1.807) is 0 Å². The molecule has 0 spiro atoms. The molecule has 0 atom stereocenters. The van der Waals surface area contributed by atoms with Crippen molar-refractivity contribution in [2.45, 2.75) is 6.92 Å². The molecule has 0 saturated carbocycles. The van der Waals surface area contributed by atoms with E-state index in [0.29, 0.717) is 5.78 Å². The number of rotatable bonds is 3. The topological polar surface area (TPSA) is 70.9 Å². The number of aryl methyl sites for hydroxylation is 1. The Labute approximate surface area is 149 Å². The largest absolute Gasteiger partial charge is 0.361 e. The molecule has 0 fully saturated rings. The van der Waals surface area contributed by atoms with Gasteiger partial charge in [0.25, 0.3) is 5.78 Å². The highest BCUT2D eigenvalue weighted by Crippen LogP contribution is 2.30. The Balaban J connectivity index is 1.77. The maximum atomic E-state index is 4.68. The van der Waals surface area contributed by atoms with Crippen LogP contribution in [0.2, 0.25) is 0 Å². The molecule has 5 aromatic rings. The van der Waals surface area contributed by atoms with Gasteiger partial charge < -0.3 is 10.3 Å². The molecule has 26 heavy (non-hydrogen) atoms. The second-order valence-corrected chi connectivity index (χ2v) is 6.15. The van der Waals surface area contributed by atoms with Gasteiger partial charge in [-0.3, -0.25) is 4.40 Å². The number of anilines is 2. The van der Waals surface area contributed by atoms with Gasteiger partial charge in [0.05, 0.1) is 5.52 Å². The number of nitrogens with zero attached hydrogens (tertiary/aromatic N) is 4. The van der Waals surface area contributed by atoms with Gasteiger partial charge in [-0.15, -0.1) is 10.2 Å².